The first-order valence-corrected chi connectivity index (χ1v) is 12.5. The van der Waals surface area contributed by atoms with Gasteiger partial charge in [-0.3, -0.25) is 9.36 Å². The van der Waals surface area contributed by atoms with Crippen LogP contribution in [0.5, 0.6) is 0 Å². The molecule has 1 atom stereocenters. The average molecular weight is 502 g/mol. The molecule has 0 aliphatic rings. The van der Waals surface area contributed by atoms with Crippen molar-refractivity contribution in [2.45, 2.75) is 52.1 Å². The van der Waals surface area contributed by atoms with E-state index in [2.05, 4.69) is 24.1 Å². The number of halogens is 3. The van der Waals surface area contributed by atoms with Crippen LogP contribution in [-0.4, -0.2) is 35.2 Å². The molecule has 8 heteroatoms. The van der Waals surface area contributed by atoms with Crippen LogP contribution >= 0.6 is 0 Å². The van der Waals surface area contributed by atoms with Crippen LogP contribution < -0.4 is 5.32 Å². The van der Waals surface area contributed by atoms with E-state index >= 15 is 0 Å². The topological polar surface area (TPSA) is 56.1 Å². The molecule has 1 unspecified atom stereocenters. The second-order valence-corrected chi connectivity index (χ2v) is 8.84. The van der Waals surface area contributed by atoms with E-state index in [9.17, 15) is 18.0 Å². The monoisotopic (exact) mass is 501 g/mol. The summed E-state index contributed by atoms with van der Waals surface area (Å²) in [6.07, 6.45) is 3.82. The summed E-state index contributed by atoms with van der Waals surface area (Å²) in [6, 6.07) is 12.1. The van der Waals surface area contributed by atoms with E-state index in [4.69, 9.17) is 4.74 Å². The Balaban J connectivity index is 1.61. The van der Waals surface area contributed by atoms with Gasteiger partial charge in [-0.2, -0.15) is 13.2 Å². The Bertz CT molecular complexity index is 1110. The van der Waals surface area contributed by atoms with E-state index in [0.29, 0.717) is 42.4 Å². The summed E-state index contributed by atoms with van der Waals surface area (Å²) in [5.41, 5.74) is 0.638. The number of hydrogen-bond donors (Lipinski definition) is 1. The van der Waals surface area contributed by atoms with Crippen molar-refractivity contribution in [3.63, 3.8) is 0 Å². The molecule has 0 aliphatic carbocycles. The van der Waals surface area contributed by atoms with Crippen molar-refractivity contribution in [1.82, 2.24) is 14.9 Å². The van der Waals surface area contributed by atoms with Crippen molar-refractivity contribution in [2.24, 2.45) is 5.92 Å². The third kappa shape index (κ3) is 7.43. The molecule has 1 aromatic heterocycles. The molecule has 5 nitrogen and oxygen atoms in total. The van der Waals surface area contributed by atoms with Crippen LogP contribution in [-0.2, 0) is 10.9 Å². The number of nitrogens with one attached hydrogen (secondary N) is 1. The minimum absolute atomic E-state index is 0.0815. The number of carbonyl (C=O) groups is 1. The predicted octanol–water partition coefficient (Wildman–Crippen LogP) is 6.91. The molecule has 0 aliphatic heterocycles. The Morgan fingerprint density at radius 2 is 1.92 bits per heavy atom. The van der Waals surface area contributed by atoms with Crippen LogP contribution in [0.2, 0.25) is 0 Å². The summed E-state index contributed by atoms with van der Waals surface area (Å²) in [6.45, 7) is 6.13. The van der Waals surface area contributed by atoms with Gasteiger partial charge in [-0.05, 0) is 48.1 Å². The first-order valence-electron chi connectivity index (χ1n) is 12.5. The molecule has 3 aromatic rings. The molecule has 3 rings (SSSR count). The molecule has 0 bridgehead atoms. The van der Waals surface area contributed by atoms with Crippen molar-refractivity contribution >= 4 is 5.91 Å². The van der Waals surface area contributed by atoms with Gasteiger partial charge in [-0.1, -0.05) is 63.4 Å². The molecule has 1 amide bonds. The van der Waals surface area contributed by atoms with Crippen LogP contribution in [0, 0.1) is 5.92 Å². The lowest BCUT2D eigenvalue weighted by atomic mass is 9.99. The fourth-order valence-electron chi connectivity index (χ4n) is 4.09. The van der Waals surface area contributed by atoms with Gasteiger partial charge in [0.1, 0.15) is 5.69 Å². The molecule has 2 aromatic carbocycles. The number of nitrogens with zero attached hydrogens (tertiary/aromatic N) is 2. The second-order valence-electron chi connectivity index (χ2n) is 8.84. The van der Waals surface area contributed by atoms with Crippen LogP contribution in [0.15, 0.2) is 61.1 Å². The van der Waals surface area contributed by atoms with E-state index in [1.54, 1.807) is 34.9 Å². The SMILES string of the molecule is CCCCC(CC)COCCCNC(=O)c1cncn1-c1cccc(-c2ccccc2C(F)(F)F)c1. The third-order valence-electron chi connectivity index (χ3n) is 6.19. The summed E-state index contributed by atoms with van der Waals surface area (Å²) >= 11 is 0. The minimum atomic E-state index is -4.47. The van der Waals surface area contributed by atoms with Gasteiger partial charge in [0.25, 0.3) is 5.91 Å². The molecule has 194 valence electrons. The number of benzene rings is 2. The molecule has 0 saturated carbocycles. The van der Waals surface area contributed by atoms with Crippen molar-refractivity contribution in [3.05, 3.63) is 72.3 Å². The number of aromatic nitrogens is 2. The maximum Gasteiger partial charge on any atom is 0.417 e. The zero-order chi connectivity index (χ0) is 26.0. The highest BCUT2D eigenvalue weighted by Crippen LogP contribution is 2.37. The molecule has 1 N–H and O–H groups in total. The van der Waals surface area contributed by atoms with Gasteiger partial charge >= 0.3 is 6.18 Å². The van der Waals surface area contributed by atoms with E-state index in [0.717, 1.165) is 19.1 Å². The molecule has 0 spiro atoms. The van der Waals surface area contributed by atoms with Crippen molar-refractivity contribution in [3.8, 4) is 16.8 Å². The summed E-state index contributed by atoms with van der Waals surface area (Å²) in [5, 5.41) is 2.88. The van der Waals surface area contributed by atoms with Crippen molar-refractivity contribution in [2.75, 3.05) is 19.8 Å². The fraction of sp³-hybridized carbons (Fsp3) is 0.429. The van der Waals surface area contributed by atoms with Gasteiger partial charge in [0.2, 0.25) is 0 Å². The Labute approximate surface area is 210 Å². The Kier molecular flexibility index (Phi) is 10.1. The Morgan fingerprint density at radius 1 is 1.11 bits per heavy atom. The Morgan fingerprint density at radius 3 is 2.67 bits per heavy atom. The van der Waals surface area contributed by atoms with Crippen LogP contribution in [0.1, 0.15) is 62.0 Å². The van der Waals surface area contributed by atoms with Gasteiger partial charge in [0.15, 0.2) is 0 Å². The van der Waals surface area contributed by atoms with Crippen LogP contribution in [0.4, 0.5) is 13.2 Å². The lowest BCUT2D eigenvalue weighted by Gasteiger charge is -2.15. The number of hydrogen-bond acceptors (Lipinski definition) is 3. The van der Waals surface area contributed by atoms with E-state index in [-0.39, 0.29) is 11.5 Å². The fourth-order valence-corrected chi connectivity index (χ4v) is 4.09. The zero-order valence-corrected chi connectivity index (χ0v) is 20.9. The first kappa shape index (κ1) is 27.5. The maximum absolute atomic E-state index is 13.5. The molecule has 36 heavy (non-hydrogen) atoms. The molecule has 0 saturated heterocycles. The highest BCUT2D eigenvalue weighted by atomic mass is 19.4. The maximum atomic E-state index is 13.5. The van der Waals surface area contributed by atoms with E-state index in [1.807, 2.05) is 0 Å². The summed E-state index contributed by atoms with van der Waals surface area (Å²) < 4.78 is 47.9. The van der Waals surface area contributed by atoms with Gasteiger partial charge in [0.05, 0.1) is 18.1 Å². The van der Waals surface area contributed by atoms with Gasteiger partial charge in [0, 0.05) is 25.4 Å². The van der Waals surface area contributed by atoms with Gasteiger partial charge in [-0.15, -0.1) is 0 Å². The summed E-state index contributed by atoms with van der Waals surface area (Å²) in [7, 11) is 0. The lowest BCUT2D eigenvalue weighted by Crippen LogP contribution is -2.27. The first-order chi connectivity index (χ1) is 17.3. The van der Waals surface area contributed by atoms with E-state index < -0.39 is 11.7 Å². The molecule has 0 fully saturated rings. The quantitative estimate of drug-likeness (QED) is 0.259. The van der Waals surface area contributed by atoms with Crippen molar-refractivity contribution in [1.29, 1.82) is 0 Å². The van der Waals surface area contributed by atoms with Crippen molar-refractivity contribution < 1.29 is 22.7 Å². The largest absolute Gasteiger partial charge is 0.417 e. The smallest absolute Gasteiger partial charge is 0.381 e. The highest BCUT2D eigenvalue weighted by Gasteiger charge is 2.33. The predicted molar refractivity (Wildman–Crippen MR) is 135 cm³/mol. The number of carbonyl (C=O) groups excluding carboxylic acids is 1. The van der Waals surface area contributed by atoms with Gasteiger partial charge in [-0.25, -0.2) is 4.98 Å². The van der Waals surface area contributed by atoms with Crippen LogP contribution in [0.25, 0.3) is 16.8 Å². The number of imidazole rings is 1. The normalized spacial score (nSPS) is 12.5. The third-order valence-corrected chi connectivity index (χ3v) is 6.19. The number of unbranched alkanes of at least 4 members (excludes halogenated alkanes) is 1. The number of rotatable bonds is 13. The minimum Gasteiger partial charge on any atom is -0.381 e. The Hall–Kier alpha value is -3.13. The second kappa shape index (κ2) is 13.3. The van der Waals surface area contributed by atoms with E-state index in [1.165, 1.54) is 43.9 Å². The number of alkyl halides is 3. The number of ether oxygens (including phenoxy) is 1. The summed E-state index contributed by atoms with van der Waals surface area (Å²) in [4.78, 5) is 16.9. The zero-order valence-electron chi connectivity index (χ0n) is 20.9. The molecular formula is C28H34F3N3O2. The molecule has 0 radical (unpaired) electrons. The molecular weight excluding hydrogens is 467 g/mol. The summed E-state index contributed by atoms with van der Waals surface area (Å²) in [5.74, 6) is 0.274. The average Bonchev–Trinajstić information content (AvgIpc) is 3.37. The number of amides is 1. The van der Waals surface area contributed by atoms with Gasteiger partial charge < -0.3 is 10.1 Å². The molecule has 1 heterocycles. The lowest BCUT2D eigenvalue weighted by molar-refractivity contribution is -0.137. The van der Waals surface area contributed by atoms with Crippen LogP contribution in [0.3, 0.4) is 0 Å². The highest BCUT2D eigenvalue weighted by molar-refractivity contribution is 5.93. The standard InChI is InChI=1S/C28H34F3N3O2/c1-3-5-10-21(4-2)19-36-16-9-15-33-27(35)26-18-32-20-34(26)23-12-8-11-22(17-23)24-13-6-7-14-25(24)28(29,30)31/h6-8,11-14,17-18,20-21H,3-5,9-10,15-16,19H2,1-2H3,(H,33,35).